The van der Waals surface area contributed by atoms with Crippen molar-refractivity contribution < 1.29 is 4.79 Å². The molecule has 0 saturated carbocycles. The van der Waals surface area contributed by atoms with Crippen LogP contribution in [0.2, 0.25) is 0 Å². The molecule has 3 rings (SSSR count). The number of nitrogens with one attached hydrogen (secondary N) is 1. The van der Waals surface area contributed by atoms with E-state index in [0.29, 0.717) is 5.69 Å². The van der Waals surface area contributed by atoms with Gasteiger partial charge in [0.1, 0.15) is 5.88 Å². The van der Waals surface area contributed by atoms with E-state index in [-0.39, 0.29) is 11.8 Å². The normalized spacial score (nSPS) is 10.8. The van der Waals surface area contributed by atoms with Gasteiger partial charge in [-0.2, -0.15) is 0 Å². The smallest absolute Gasteiger partial charge is 0.239 e. The number of fused-ring (bicyclic) bond motifs is 3. The lowest BCUT2D eigenvalue weighted by atomic mass is 10.1. The monoisotopic (exact) mass is 271 g/mol. The minimum absolute atomic E-state index is 0.0766. The lowest BCUT2D eigenvalue weighted by molar-refractivity contribution is -0.113. The number of aromatic nitrogens is 2. The van der Waals surface area contributed by atoms with Crippen LogP contribution in [-0.4, -0.2) is 21.8 Å². The molecule has 0 saturated heterocycles. The van der Waals surface area contributed by atoms with Gasteiger partial charge in [0.05, 0.1) is 16.7 Å². The zero-order valence-electron chi connectivity index (χ0n) is 9.93. The SMILES string of the molecule is O=C(CCl)Nc1cc2cccnc2c2ncccc12. The molecule has 2 heterocycles. The van der Waals surface area contributed by atoms with E-state index in [9.17, 15) is 4.79 Å². The fourth-order valence-electron chi connectivity index (χ4n) is 2.06. The van der Waals surface area contributed by atoms with Crippen LogP contribution in [0.1, 0.15) is 0 Å². The number of amides is 1. The number of halogens is 1. The summed E-state index contributed by atoms with van der Waals surface area (Å²) in [6.07, 6.45) is 3.44. The Bertz CT molecular complexity index is 773. The highest BCUT2D eigenvalue weighted by molar-refractivity contribution is 6.29. The van der Waals surface area contributed by atoms with Crippen molar-refractivity contribution in [2.24, 2.45) is 0 Å². The maximum Gasteiger partial charge on any atom is 0.239 e. The highest BCUT2D eigenvalue weighted by atomic mass is 35.5. The Morgan fingerprint density at radius 2 is 1.89 bits per heavy atom. The summed E-state index contributed by atoms with van der Waals surface area (Å²) >= 11 is 5.53. The summed E-state index contributed by atoms with van der Waals surface area (Å²) in [6.45, 7) is 0. The molecule has 0 unspecified atom stereocenters. The molecule has 3 aromatic rings. The van der Waals surface area contributed by atoms with Gasteiger partial charge in [-0.1, -0.05) is 6.07 Å². The number of carbonyl (C=O) groups is 1. The number of alkyl halides is 1. The number of benzene rings is 1. The molecule has 0 bridgehead atoms. The van der Waals surface area contributed by atoms with Gasteiger partial charge in [0.15, 0.2) is 0 Å². The highest BCUT2D eigenvalue weighted by Crippen LogP contribution is 2.29. The molecular weight excluding hydrogens is 262 g/mol. The number of nitrogens with zero attached hydrogens (tertiary/aromatic N) is 2. The first-order valence-electron chi connectivity index (χ1n) is 5.78. The number of hydrogen-bond acceptors (Lipinski definition) is 3. The van der Waals surface area contributed by atoms with Crippen molar-refractivity contribution in [2.45, 2.75) is 0 Å². The van der Waals surface area contributed by atoms with E-state index in [2.05, 4.69) is 15.3 Å². The maximum absolute atomic E-state index is 11.5. The van der Waals surface area contributed by atoms with Crippen LogP contribution in [0.3, 0.4) is 0 Å². The first-order chi connectivity index (χ1) is 9.29. The fraction of sp³-hybridized carbons (Fsp3) is 0.0714. The van der Waals surface area contributed by atoms with Crippen LogP contribution in [0.25, 0.3) is 21.8 Å². The van der Waals surface area contributed by atoms with Gasteiger partial charge in [-0.3, -0.25) is 14.8 Å². The van der Waals surface area contributed by atoms with Crippen molar-refractivity contribution in [3.63, 3.8) is 0 Å². The van der Waals surface area contributed by atoms with Gasteiger partial charge in [-0.25, -0.2) is 0 Å². The van der Waals surface area contributed by atoms with Crippen LogP contribution in [0, 0.1) is 0 Å². The quantitative estimate of drug-likeness (QED) is 0.576. The molecule has 0 radical (unpaired) electrons. The van der Waals surface area contributed by atoms with Crippen molar-refractivity contribution >= 4 is 45.0 Å². The van der Waals surface area contributed by atoms with Gasteiger partial charge in [-0.05, 0) is 24.3 Å². The molecule has 0 spiro atoms. The van der Waals surface area contributed by atoms with Crippen molar-refractivity contribution in [1.82, 2.24) is 9.97 Å². The third-order valence-corrected chi connectivity index (χ3v) is 3.10. The molecule has 94 valence electrons. The van der Waals surface area contributed by atoms with E-state index in [1.807, 2.05) is 30.3 Å². The number of carbonyl (C=O) groups excluding carboxylic acids is 1. The maximum atomic E-state index is 11.5. The molecule has 0 aliphatic carbocycles. The zero-order chi connectivity index (χ0) is 13.2. The van der Waals surface area contributed by atoms with Gasteiger partial charge in [0.2, 0.25) is 5.91 Å². The van der Waals surface area contributed by atoms with Crippen LogP contribution in [0.5, 0.6) is 0 Å². The Balaban J connectivity index is 2.32. The predicted octanol–water partition coefficient (Wildman–Crippen LogP) is 2.96. The molecular formula is C14H10ClN3O. The molecule has 0 aliphatic heterocycles. The molecule has 1 amide bonds. The summed E-state index contributed by atoms with van der Waals surface area (Å²) in [4.78, 5) is 20.2. The molecule has 0 atom stereocenters. The summed E-state index contributed by atoms with van der Waals surface area (Å²) in [5.41, 5.74) is 2.29. The second-order valence-electron chi connectivity index (χ2n) is 4.08. The summed E-state index contributed by atoms with van der Waals surface area (Å²) in [6, 6.07) is 9.40. The standard InChI is InChI=1S/C14H10ClN3O/c15-8-12(19)18-11-7-9-3-1-5-16-13(9)14-10(11)4-2-6-17-14/h1-7H,8H2,(H,18,19). The second kappa shape index (κ2) is 4.82. The zero-order valence-corrected chi connectivity index (χ0v) is 10.7. The van der Waals surface area contributed by atoms with Crippen LogP contribution >= 0.6 is 11.6 Å². The molecule has 1 aromatic carbocycles. The van der Waals surface area contributed by atoms with Gasteiger partial charge in [0.25, 0.3) is 0 Å². The Hall–Kier alpha value is -2.20. The Kier molecular flexibility index (Phi) is 3.01. The van der Waals surface area contributed by atoms with Crippen molar-refractivity contribution in [1.29, 1.82) is 0 Å². The number of pyridine rings is 2. The molecule has 19 heavy (non-hydrogen) atoms. The van der Waals surface area contributed by atoms with Gasteiger partial charge in [0, 0.05) is 23.2 Å². The van der Waals surface area contributed by atoms with Gasteiger partial charge < -0.3 is 5.32 Å². The number of rotatable bonds is 2. The van der Waals surface area contributed by atoms with Crippen molar-refractivity contribution in [3.8, 4) is 0 Å². The minimum Gasteiger partial charge on any atom is -0.324 e. The average molecular weight is 272 g/mol. The molecule has 4 nitrogen and oxygen atoms in total. The van der Waals surface area contributed by atoms with Crippen LogP contribution in [-0.2, 0) is 4.79 Å². The topological polar surface area (TPSA) is 54.9 Å². The molecule has 0 fully saturated rings. The summed E-state index contributed by atoms with van der Waals surface area (Å²) in [7, 11) is 0. The average Bonchev–Trinajstić information content (AvgIpc) is 2.47. The van der Waals surface area contributed by atoms with E-state index in [1.165, 1.54) is 0 Å². The fourth-order valence-corrected chi connectivity index (χ4v) is 2.13. The first kappa shape index (κ1) is 11.9. The lowest BCUT2D eigenvalue weighted by Crippen LogP contribution is -2.13. The summed E-state index contributed by atoms with van der Waals surface area (Å²) in [5, 5.41) is 4.57. The van der Waals surface area contributed by atoms with Crippen LogP contribution in [0.15, 0.2) is 42.7 Å². The summed E-state index contributed by atoms with van der Waals surface area (Å²) < 4.78 is 0. The summed E-state index contributed by atoms with van der Waals surface area (Å²) in [5.74, 6) is -0.317. The number of hydrogen-bond donors (Lipinski definition) is 1. The highest BCUT2D eigenvalue weighted by Gasteiger charge is 2.09. The van der Waals surface area contributed by atoms with E-state index < -0.39 is 0 Å². The largest absolute Gasteiger partial charge is 0.324 e. The van der Waals surface area contributed by atoms with Gasteiger partial charge in [-0.15, -0.1) is 11.6 Å². The van der Waals surface area contributed by atoms with Crippen molar-refractivity contribution in [3.05, 3.63) is 42.7 Å². The van der Waals surface area contributed by atoms with E-state index in [0.717, 1.165) is 21.8 Å². The van der Waals surface area contributed by atoms with E-state index in [4.69, 9.17) is 11.6 Å². The van der Waals surface area contributed by atoms with Crippen LogP contribution < -0.4 is 5.32 Å². The Labute approximate surface area is 114 Å². The molecule has 5 heteroatoms. The lowest BCUT2D eigenvalue weighted by Gasteiger charge is -2.09. The Morgan fingerprint density at radius 1 is 1.16 bits per heavy atom. The minimum atomic E-state index is -0.241. The molecule has 1 N–H and O–H groups in total. The first-order valence-corrected chi connectivity index (χ1v) is 6.31. The molecule has 0 aliphatic rings. The van der Waals surface area contributed by atoms with E-state index in [1.54, 1.807) is 12.4 Å². The second-order valence-corrected chi connectivity index (χ2v) is 4.35. The van der Waals surface area contributed by atoms with Crippen LogP contribution in [0.4, 0.5) is 5.69 Å². The third kappa shape index (κ3) is 2.11. The number of anilines is 1. The molecule has 2 aromatic heterocycles. The van der Waals surface area contributed by atoms with E-state index >= 15 is 0 Å². The Morgan fingerprint density at radius 3 is 2.68 bits per heavy atom. The third-order valence-electron chi connectivity index (χ3n) is 2.86. The predicted molar refractivity (Wildman–Crippen MR) is 76.4 cm³/mol. The van der Waals surface area contributed by atoms with Gasteiger partial charge >= 0.3 is 0 Å². The van der Waals surface area contributed by atoms with Crippen molar-refractivity contribution in [2.75, 3.05) is 11.2 Å².